The Kier molecular flexibility index (Phi) is 5.27. The summed E-state index contributed by atoms with van der Waals surface area (Å²) in [6.07, 6.45) is 0. The fourth-order valence-electron chi connectivity index (χ4n) is 3.49. The van der Waals surface area contributed by atoms with E-state index in [1.165, 1.54) is 16.8 Å². The van der Waals surface area contributed by atoms with E-state index in [0.29, 0.717) is 11.4 Å². The monoisotopic (exact) mass is 469 g/mol. The molecule has 0 saturated heterocycles. The van der Waals surface area contributed by atoms with Crippen LogP contribution in [0.5, 0.6) is 11.6 Å². The van der Waals surface area contributed by atoms with Crippen LogP contribution >= 0.6 is 0 Å². The first-order valence-corrected chi connectivity index (χ1v) is 10.7. The molecule has 0 spiro atoms. The highest BCUT2D eigenvalue weighted by Gasteiger charge is 2.24. The van der Waals surface area contributed by atoms with Crippen molar-refractivity contribution in [2.75, 3.05) is 0 Å². The molecule has 0 fully saturated rings. The Balaban J connectivity index is 2.04. The normalized spacial score (nSPS) is 11.9. The molecule has 0 amide bonds. The number of nitro groups is 1. The third-order valence-electron chi connectivity index (χ3n) is 4.83. The van der Waals surface area contributed by atoms with Gasteiger partial charge >= 0.3 is 10.3 Å². The number of rotatable bonds is 5. The zero-order chi connectivity index (χ0) is 23.9. The van der Waals surface area contributed by atoms with Crippen LogP contribution in [0.2, 0.25) is 0 Å². The van der Waals surface area contributed by atoms with E-state index in [0.717, 1.165) is 12.1 Å². The van der Waals surface area contributed by atoms with Crippen LogP contribution in [-0.2, 0) is 10.3 Å². The SMILES string of the molecule is Cc1nn(-c2ccccc2)c(O)c1-c1c(O)cc(N=NS(=O)(=O)O)c2cc([N+](=O)[O-])ccc12. The minimum Gasteiger partial charge on any atom is -0.507 e. The van der Waals surface area contributed by atoms with E-state index < -0.39 is 21.0 Å². The van der Waals surface area contributed by atoms with Crippen molar-refractivity contribution in [2.24, 2.45) is 9.63 Å². The number of benzene rings is 3. The molecule has 33 heavy (non-hydrogen) atoms. The van der Waals surface area contributed by atoms with Gasteiger partial charge in [0, 0.05) is 29.1 Å². The van der Waals surface area contributed by atoms with Gasteiger partial charge in [0.15, 0.2) is 0 Å². The highest BCUT2D eigenvalue weighted by molar-refractivity contribution is 7.84. The van der Waals surface area contributed by atoms with Crippen molar-refractivity contribution in [3.8, 4) is 28.4 Å². The van der Waals surface area contributed by atoms with Gasteiger partial charge in [-0.2, -0.15) is 13.5 Å². The van der Waals surface area contributed by atoms with Crippen molar-refractivity contribution in [2.45, 2.75) is 6.92 Å². The maximum absolute atomic E-state index is 11.3. The Morgan fingerprint density at radius 2 is 1.73 bits per heavy atom. The summed E-state index contributed by atoms with van der Waals surface area (Å²) in [5.41, 5.74) is 0.584. The molecule has 0 atom stereocenters. The molecule has 0 radical (unpaired) electrons. The average Bonchev–Trinajstić information content (AvgIpc) is 3.05. The summed E-state index contributed by atoms with van der Waals surface area (Å²) in [4.78, 5) is 10.6. The first-order valence-electron chi connectivity index (χ1n) is 9.25. The Morgan fingerprint density at radius 3 is 2.36 bits per heavy atom. The molecule has 3 aromatic carbocycles. The van der Waals surface area contributed by atoms with Crippen molar-refractivity contribution in [1.29, 1.82) is 0 Å². The molecule has 12 nitrogen and oxygen atoms in total. The summed E-state index contributed by atoms with van der Waals surface area (Å²) >= 11 is 0. The summed E-state index contributed by atoms with van der Waals surface area (Å²) in [5.74, 6) is -0.715. The lowest BCUT2D eigenvalue weighted by Gasteiger charge is -2.11. The van der Waals surface area contributed by atoms with Crippen molar-refractivity contribution in [3.63, 3.8) is 0 Å². The number of nitro benzene ring substituents is 1. The number of nitrogens with zero attached hydrogens (tertiary/aromatic N) is 5. The van der Waals surface area contributed by atoms with Crippen LogP contribution < -0.4 is 0 Å². The van der Waals surface area contributed by atoms with Gasteiger partial charge in [-0.15, -0.1) is 5.11 Å². The summed E-state index contributed by atoms with van der Waals surface area (Å²) in [6, 6.07) is 13.4. The molecule has 0 bridgehead atoms. The predicted molar refractivity (Wildman–Crippen MR) is 117 cm³/mol. The summed E-state index contributed by atoms with van der Waals surface area (Å²) in [6.45, 7) is 1.61. The largest absolute Gasteiger partial charge is 0.507 e. The van der Waals surface area contributed by atoms with Crippen molar-refractivity contribution in [3.05, 3.63) is 70.4 Å². The van der Waals surface area contributed by atoms with Gasteiger partial charge in [-0.25, -0.2) is 4.68 Å². The molecule has 4 aromatic rings. The molecule has 13 heteroatoms. The molecule has 3 N–H and O–H groups in total. The van der Waals surface area contributed by atoms with Crippen molar-refractivity contribution >= 4 is 32.5 Å². The highest BCUT2D eigenvalue weighted by atomic mass is 32.2. The Morgan fingerprint density at radius 1 is 1.03 bits per heavy atom. The molecular formula is C20H15N5O7S. The minimum atomic E-state index is -4.84. The maximum Gasteiger partial charge on any atom is 0.396 e. The van der Waals surface area contributed by atoms with Crippen LogP contribution in [-0.4, -0.2) is 37.9 Å². The van der Waals surface area contributed by atoms with Crippen LogP contribution in [0.1, 0.15) is 5.69 Å². The number of hydrogen-bond donors (Lipinski definition) is 3. The first-order chi connectivity index (χ1) is 15.6. The first kappa shape index (κ1) is 21.9. The van der Waals surface area contributed by atoms with Gasteiger partial charge in [-0.05, 0) is 35.0 Å². The van der Waals surface area contributed by atoms with E-state index in [4.69, 9.17) is 4.55 Å². The van der Waals surface area contributed by atoms with E-state index in [9.17, 15) is 28.7 Å². The summed E-state index contributed by atoms with van der Waals surface area (Å²) in [7, 11) is -4.84. The Hall–Kier alpha value is -4.36. The lowest BCUT2D eigenvalue weighted by Crippen LogP contribution is -1.95. The van der Waals surface area contributed by atoms with E-state index in [1.807, 2.05) is 0 Å². The fourth-order valence-corrected chi connectivity index (χ4v) is 3.68. The number of aromatic hydroxyl groups is 2. The van der Waals surface area contributed by atoms with Crippen molar-refractivity contribution < 1.29 is 28.1 Å². The zero-order valence-corrected chi connectivity index (χ0v) is 17.6. The molecule has 0 aliphatic rings. The molecule has 1 aromatic heterocycles. The Labute approximate surface area is 186 Å². The number of phenols is 1. The van der Waals surface area contributed by atoms with Crippen molar-refractivity contribution in [1.82, 2.24) is 9.78 Å². The number of fused-ring (bicyclic) bond motifs is 1. The van der Waals surface area contributed by atoms with Gasteiger partial charge in [0.1, 0.15) is 5.75 Å². The van der Waals surface area contributed by atoms with Gasteiger partial charge in [-0.3, -0.25) is 14.7 Å². The number of non-ortho nitro benzene ring substituents is 1. The van der Waals surface area contributed by atoms with Gasteiger partial charge in [0.2, 0.25) is 5.88 Å². The highest BCUT2D eigenvalue weighted by Crippen LogP contribution is 2.47. The molecular weight excluding hydrogens is 454 g/mol. The second-order valence-electron chi connectivity index (χ2n) is 6.94. The third kappa shape index (κ3) is 4.09. The average molecular weight is 469 g/mol. The van der Waals surface area contributed by atoms with E-state index in [-0.39, 0.29) is 39.2 Å². The molecule has 0 saturated carbocycles. The molecule has 168 valence electrons. The van der Waals surface area contributed by atoms with Crippen LogP contribution in [0.25, 0.3) is 27.6 Å². The van der Waals surface area contributed by atoms with E-state index in [1.54, 1.807) is 37.3 Å². The molecule has 0 unspecified atom stereocenters. The third-order valence-corrected chi connectivity index (χ3v) is 5.12. The molecule has 0 aliphatic carbocycles. The summed E-state index contributed by atoms with van der Waals surface area (Å²) in [5, 5.41) is 41.0. The number of para-hydroxylation sites is 1. The fraction of sp³-hybridized carbons (Fsp3) is 0.0500. The number of aryl methyl sites for hydroxylation is 1. The predicted octanol–water partition coefficient (Wildman–Crippen LogP) is 4.21. The molecule has 0 aliphatic heterocycles. The smallest absolute Gasteiger partial charge is 0.396 e. The summed E-state index contributed by atoms with van der Waals surface area (Å²) < 4.78 is 34.9. The van der Waals surface area contributed by atoms with Gasteiger partial charge in [0.05, 0.1) is 27.6 Å². The molecule has 1 heterocycles. The lowest BCUT2D eigenvalue weighted by atomic mass is 9.95. The standard InChI is InChI=1S/C20H15N5O7S/c1-11-18(20(27)24(22-11)12-5-3-2-4-6-12)19-14-8-7-13(25(28)29)9-15(14)16(10-17(19)26)21-23-33(30,31)32/h2-10,26-27H,1H3,(H,30,31,32). The lowest BCUT2D eigenvalue weighted by molar-refractivity contribution is -0.384. The van der Waals surface area contributed by atoms with Gasteiger partial charge in [-0.1, -0.05) is 18.2 Å². The van der Waals surface area contributed by atoms with E-state index >= 15 is 0 Å². The Bertz CT molecular complexity index is 1550. The number of aromatic nitrogens is 2. The van der Waals surface area contributed by atoms with Crippen LogP contribution in [0.3, 0.4) is 0 Å². The van der Waals surface area contributed by atoms with E-state index in [2.05, 4.69) is 14.7 Å². The zero-order valence-electron chi connectivity index (χ0n) is 16.8. The maximum atomic E-state index is 11.3. The van der Waals surface area contributed by atoms with Gasteiger partial charge < -0.3 is 10.2 Å². The number of hydrogen-bond acceptors (Lipinski definition) is 8. The quantitative estimate of drug-likeness (QED) is 0.168. The second kappa shape index (κ2) is 7.96. The molecule has 4 rings (SSSR count). The topological polar surface area (TPSA) is 181 Å². The van der Waals surface area contributed by atoms with Gasteiger partial charge in [0.25, 0.3) is 5.69 Å². The second-order valence-corrected chi connectivity index (χ2v) is 8.00. The van der Waals surface area contributed by atoms with Crippen LogP contribution in [0.4, 0.5) is 11.4 Å². The number of phenolic OH excluding ortho intramolecular Hbond substituents is 1. The van der Waals surface area contributed by atoms with Crippen LogP contribution in [0.15, 0.2) is 64.2 Å². The van der Waals surface area contributed by atoms with Crippen LogP contribution in [0, 0.1) is 17.0 Å². The minimum absolute atomic E-state index is 0.0515.